The molecule has 70 valence electrons. The van der Waals surface area contributed by atoms with Gasteiger partial charge in [0.2, 0.25) is 6.61 Å². The second-order valence-corrected chi connectivity index (χ2v) is 2.28. The molecule has 0 saturated heterocycles. The molecule has 0 radical (unpaired) electrons. The van der Waals surface area contributed by atoms with Gasteiger partial charge in [0.05, 0.1) is 11.8 Å². The number of carboxylic acids is 1. The molecule has 0 fully saturated rings. The zero-order valence-electron chi connectivity index (χ0n) is 7.40. The maximum atomic E-state index is 9.99. The summed E-state index contributed by atoms with van der Waals surface area (Å²) in [6.07, 6.45) is -0.154. The first-order valence-corrected chi connectivity index (χ1v) is 3.49. The summed E-state index contributed by atoms with van der Waals surface area (Å²) in [6, 6.07) is 0. The van der Waals surface area contributed by atoms with Gasteiger partial charge in [-0.05, 0) is 13.8 Å². The Balaban J connectivity index is 3.76. The van der Waals surface area contributed by atoms with E-state index in [0.29, 0.717) is 5.71 Å². The number of carbonyl (C=O) groups is 1. The van der Waals surface area contributed by atoms with Gasteiger partial charge in [0.1, 0.15) is 0 Å². The van der Waals surface area contributed by atoms with Gasteiger partial charge in [0.15, 0.2) is 0 Å². The van der Waals surface area contributed by atoms with Crippen molar-refractivity contribution in [1.82, 2.24) is 0 Å². The highest BCUT2D eigenvalue weighted by atomic mass is 16.6. The van der Waals surface area contributed by atoms with Crippen LogP contribution >= 0.6 is 0 Å². The fourth-order valence-electron chi connectivity index (χ4n) is 0.434. The van der Waals surface area contributed by atoms with Gasteiger partial charge in [-0.15, -0.1) is 0 Å². The lowest BCUT2D eigenvalue weighted by Crippen LogP contribution is -2.16. The molecule has 1 atom stereocenters. The molecule has 1 unspecified atom stereocenters. The molecule has 1 N–H and O–H groups in total. The minimum atomic E-state index is -1.04. The Morgan fingerprint density at radius 2 is 2.25 bits per heavy atom. The fourth-order valence-corrected chi connectivity index (χ4v) is 0.434. The molecular formula is C7H13NO4. The molecule has 5 heteroatoms. The predicted molar refractivity (Wildman–Crippen MR) is 43.2 cm³/mol. The lowest BCUT2D eigenvalue weighted by atomic mass is 10.3. The van der Waals surface area contributed by atoms with Crippen LogP contribution in [0.3, 0.4) is 0 Å². The SMILES string of the molecule is COC(C)C(C)=NOCC(=O)O. The Morgan fingerprint density at radius 1 is 1.67 bits per heavy atom. The van der Waals surface area contributed by atoms with E-state index in [-0.39, 0.29) is 6.10 Å². The van der Waals surface area contributed by atoms with Gasteiger partial charge < -0.3 is 14.7 Å². The van der Waals surface area contributed by atoms with Crippen molar-refractivity contribution in [2.45, 2.75) is 20.0 Å². The largest absolute Gasteiger partial charge is 0.479 e. The molecule has 0 spiro atoms. The number of aliphatic carboxylic acids is 1. The summed E-state index contributed by atoms with van der Waals surface area (Å²) >= 11 is 0. The highest BCUT2D eigenvalue weighted by Crippen LogP contribution is 1.92. The van der Waals surface area contributed by atoms with Crippen LogP contribution in [0.4, 0.5) is 0 Å². The maximum absolute atomic E-state index is 9.99. The van der Waals surface area contributed by atoms with Crippen molar-refractivity contribution in [1.29, 1.82) is 0 Å². The van der Waals surface area contributed by atoms with Gasteiger partial charge in [0, 0.05) is 7.11 Å². The van der Waals surface area contributed by atoms with E-state index in [1.165, 1.54) is 0 Å². The zero-order chi connectivity index (χ0) is 9.56. The minimum Gasteiger partial charge on any atom is -0.479 e. The van der Waals surface area contributed by atoms with Gasteiger partial charge in [-0.25, -0.2) is 4.79 Å². The van der Waals surface area contributed by atoms with Crippen LogP contribution in [0.5, 0.6) is 0 Å². The average molecular weight is 175 g/mol. The van der Waals surface area contributed by atoms with Gasteiger partial charge >= 0.3 is 5.97 Å². The Labute approximate surface area is 71.0 Å². The molecule has 0 aliphatic heterocycles. The monoisotopic (exact) mass is 175 g/mol. The van der Waals surface area contributed by atoms with Gasteiger partial charge in [-0.2, -0.15) is 0 Å². The predicted octanol–water partition coefficient (Wildman–Crippen LogP) is 0.498. The molecule has 0 rings (SSSR count). The van der Waals surface area contributed by atoms with Gasteiger partial charge in [-0.1, -0.05) is 5.16 Å². The highest BCUT2D eigenvalue weighted by Gasteiger charge is 2.04. The Hall–Kier alpha value is -1.10. The van der Waals surface area contributed by atoms with E-state index in [9.17, 15) is 4.79 Å². The molecule has 0 saturated carbocycles. The smallest absolute Gasteiger partial charge is 0.344 e. The molecule has 0 aromatic rings. The standard InChI is InChI=1S/C7H13NO4/c1-5(6(2)11-3)8-12-4-7(9)10/h6H,4H2,1-3H3,(H,9,10). The molecular weight excluding hydrogens is 162 g/mol. The van der Waals surface area contributed by atoms with Gasteiger partial charge in [0.25, 0.3) is 0 Å². The van der Waals surface area contributed by atoms with E-state index in [1.54, 1.807) is 21.0 Å². The molecule has 12 heavy (non-hydrogen) atoms. The third-order valence-electron chi connectivity index (χ3n) is 1.34. The first kappa shape index (κ1) is 10.9. The summed E-state index contributed by atoms with van der Waals surface area (Å²) in [6.45, 7) is 3.08. The van der Waals surface area contributed by atoms with Gasteiger partial charge in [-0.3, -0.25) is 0 Å². The molecule has 0 heterocycles. The van der Waals surface area contributed by atoms with Crippen LogP contribution in [-0.2, 0) is 14.4 Å². The van der Waals surface area contributed by atoms with E-state index >= 15 is 0 Å². The Bertz CT molecular complexity index is 178. The molecule has 0 aromatic heterocycles. The van der Waals surface area contributed by atoms with Crippen molar-refractivity contribution in [3.05, 3.63) is 0 Å². The Kier molecular flexibility index (Phi) is 5.03. The van der Waals surface area contributed by atoms with Crippen LogP contribution in [0.15, 0.2) is 5.16 Å². The molecule has 5 nitrogen and oxygen atoms in total. The van der Waals surface area contributed by atoms with Crippen molar-refractivity contribution < 1.29 is 19.5 Å². The summed E-state index contributed by atoms with van der Waals surface area (Å²) in [5, 5.41) is 11.7. The summed E-state index contributed by atoms with van der Waals surface area (Å²) in [5.41, 5.74) is 0.610. The average Bonchev–Trinajstić information content (AvgIpc) is 2.02. The third-order valence-corrected chi connectivity index (χ3v) is 1.34. The molecule has 0 aliphatic rings. The van der Waals surface area contributed by atoms with Crippen molar-refractivity contribution >= 4 is 11.7 Å². The van der Waals surface area contributed by atoms with E-state index in [1.807, 2.05) is 0 Å². The van der Waals surface area contributed by atoms with Crippen LogP contribution in [-0.4, -0.2) is 36.6 Å². The van der Waals surface area contributed by atoms with E-state index in [4.69, 9.17) is 9.84 Å². The minimum absolute atomic E-state index is 0.154. The number of hydrogen-bond donors (Lipinski definition) is 1. The van der Waals surface area contributed by atoms with Crippen LogP contribution in [0.2, 0.25) is 0 Å². The molecule has 0 aromatic carbocycles. The topological polar surface area (TPSA) is 68.1 Å². The second kappa shape index (κ2) is 5.54. The maximum Gasteiger partial charge on any atom is 0.344 e. The lowest BCUT2D eigenvalue weighted by molar-refractivity contribution is -0.142. The number of oxime groups is 1. The summed E-state index contributed by atoms with van der Waals surface area (Å²) in [7, 11) is 1.54. The van der Waals surface area contributed by atoms with Crippen molar-refractivity contribution in [2.24, 2.45) is 5.16 Å². The highest BCUT2D eigenvalue weighted by molar-refractivity contribution is 5.85. The number of rotatable bonds is 5. The normalized spacial score (nSPS) is 14.1. The lowest BCUT2D eigenvalue weighted by Gasteiger charge is -2.07. The zero-order valence-corrected chi connectivity index (χ0v) is 7.40. The van der Waals surface area contributed by atoms with Crippen LogP contribution in [0, 0.1) is 0 Å². The van der Waals surface area contributed by atoms with E-state index in [0.717, 1.165) is 0 Å². The number of carboxylic acid groups (broad SMARTS) is 1. The third kappa shape index (κ3) is 4.68. The van der Waals surface area contributed by atoms with E-state index < -0.39 is 12.6 Å². The first-order chi connectivity index (χ1) is 5.57. The van der Waals surface area contributed by atoms with E-state index in [2.05, 4.69) is 9.99 Å². The number of methoxy groups -OCH3 is 1. The quantitative estimate of drug-likeness (QED) is 0.488. The first-order valence-electron chi connectivity index (χ1n) is 3.49. The second-order valence-electron chi connectivity index (χ2n) is 2.28. The van der Waals surface area contributed by atoms with Crippen LogP contribution in [0.25, 0.3) is 0 Å². The molecule has 0 aliphatic carbocycles. The van der Waals surface area contributed by atoms with Crippen molar-refractivity contribution in [3.8, 4) is 0 Å². The number of ether oxygens (including phenoxy) is 1. The van der Waals surface area contributed by atoms with Crippen molar-refractivity contribution in [2.75, 3.05) is 13.7 Å². The molecule has 0 amide bonds. The van der Waals surface area contributed by atoms with Crippen LogP contribution < -0.4 is 0 Å². The number of nitrogens with zero attached hydrogens (tertiary/aromatic N) is 1. The summed E-state index contributed by atoms with van der Waals surface area (Å²) in [5.74, 6) is -1.04. The summed E-state index contributed by atoms with van der Waals surface area (Å²) < 4.78 is 4.91. The van der Waals surface area contributed by atoms with Crippen LogP contribution in [0.1, 0.15) is 13.8 Å². The number of hydrogen-bond acceptors (Lipinski definition) is 4. The molecule has 0 bridgehead atoms. The van der Waals surface area contributed by atoms with Crippen molar-refractivity contribution in [3.63, 3.8) is 0 Å². The fraction of sp³-hybridized carbons (Fsp3) is 0.714. The Morgan fingerprint density at radius 3 is 2.67 bits per heavy atom. The summed E-state index contributed by atoms with van der Waals surface area (Å²) in [4.78, 5) is 14.5.